The summed E-state index contributed by atoms with van der Waals surface area (Å²) in [7, 11) is 1.84. The highest BCUT2D eigenvalue weighted by atomic mass is 32.1. The summed E-state index contributed by atoms with van der Waals surface area (Å²) in [5.74, 6) is -0.125. The Labute approximate surface area is 156 Å². The van der Waals surface area contributed by atoms with Crippen molar-refractivity contribution in [3.8, 4) is 0 Å². The van der Waals surface area contributed by atoms with Crippen LogP contribution in [0.15, 0.2) is 24.3 Å². The Kier molecular flexibility index (Phi) is 4.50. The zero-order valence-electron chi connectivity index (χ0n) is 15.2. The predicted octanol–water partition coefficient (Wildman–Crippen LogP) is 3.47. The number of aromatic nitrogens is 3. The van der Waals surface area contributed by atoms with E-state index in [1.165, 1.54) is 5.56 Å². The van der Waals surface area contributed by atoms with Crippen LogP contribution in [0.4, 0.5) is 5.13 Å². The van der Waals surface area contributed by atoms with Gasteiger partial charge in [0.1, 0.15) is 0 Å². The standard InChI is InChI=1S/C19H22N4O2S/c1-12-6-7-15-17(9-12)26-19(20-15)23(11-14-5-4-8-25-14)18(24)16-10-13(2)22(3)21-16/h6-7,9-10,14H,4-5,8,11H2,1-3H3. The Morgan fingerprint density at radius 1 is 1.38 bits per heavy atom. The molecule has 2 aromatic heterocycles. The SMILES string of the molecule is Cc1ccc2nc(N(CC3CCCO3)C(=O)c3cc(C)n(C)n3)sc2c1. The lowest BCUT2D eigenvalue weighted by molar-refractivity contribution is 0.0913. The van der Waals surface area contributed by atoms with Crippen LogP contribution in [0.2, 0.25) is 0 Å². The minimum Gasteiger partial charge on any atom is -0.376 e. The van der Waals surface area contributed by atoms with Gasteiger partial charge in [0.05, 0.1) is 22.9 Å². The van der Waals surface area contributed by atoms with Crippen LogP contribution in [0.3, 0.4) is 0 Å². The zero-order chi connectivity index (χ0) is 18.3. The highest BCUT2D eigenvalue weighted by Crippen LogP contribution is 2.31. The van der Waals surface area contributed by atoms with Crippen molar-refractivity contribution in [2.45, 2.75) is 32.8 Å². The summed E-state index contributed by atoms with van der Waals surface area (Å²) in [5.41, 5.74) is 3.49. The number of aryl methyl sites for hydroxylation is 3. The minimum atomic E-state index is -0.125. The van der Waals surface area contributed by atoms with E-state index in [1.807, 2.05) is 32.2 Å². The third kappa shape index (κ3) is 3.24. The largest absolute Gasteiger partial charge is 0.376 e. The van der Waals surface area contributed by atoms with E-state index in [-0.39, 0.29) is 12.0 Å². The lowest BCUT2D eigenvalue weighted by Gasteiger charge is -2.22. The lowest BCUT2D eigenvalue weighted by Crippen LogP contribution is -2.37. The van der Waals surface area contributed by atoms with Gasteiger partial charge in [-0.05, 0) is 50.5 Å². The molecule has 0 aliphatic carbocycles. The van der Waals surface area contributed by atoms with Crippen molar-refractivity contribution in [1.29, 1.82) is 0 Å². The average Bonchev–Trinajstić information content (AvgIpc) is 3.33. The first kappa shape index (κ1) is 17.2. The third-order valence-electron chi connectivity index (χ3n) is 4.75. The summed E-state index contributed by atoms with van der Waals surface area (Å²) in [6, 6.07) is 7.98. The van der Waals surface area contributed by atoms with Crippen molar-refractivity contribution in [1.82, 2.24) is 14.8 Å². The quantitative estimate of drug-likeness (QED) is 0.705. The molecule has 1 aliphatic rings. The summed E-state index contributed by atoms with van der Waals surface area (Å²) in [4.78, 5) is 19.6. The van der Waals surface area contributed by atoms with Crippen molar-refractivity contribution in [3.63, 3.8) is 0 Å². The van der Waals surface area contributed by atoms with E-state index >= 15 is 0 Å². The van der Waals surface area contributed by atoms with Gasteiger partial charge in [-0.1, -0.05) is 17.4 Å². The Morgan fingerprint density at radius 2 is 2.23 bits per heavy atom. The maximum atomic E-state index is 13.2. The lowest BCUT2D eigenvalue weighted by atomic mass is 10.2. The van der Waals surface area contributed by atoms with Crippen molar-refractivity contribution >= 4 is 32.6 Å². The highest BCUT2D eigenvalue weighted by molar-refractivity contribution is 7.22. The number of anilines is 1. The number of thiazole rings is 1. The predicted molar refractivity (Wildman–Crippen MR) is 103 cm³/mol. The second-order valence-electron chi connectivity index (χ2n) is 6.81. The molecule has 1 saturated heterocycles. The van der Waals surface area contributed by atoms with Gasteiger partial charge in [0.2, 0.25) is 0 Å². The van der Waals surface area contributed by atoms with E-state index in [4.69, 9.17) is 9.72 Å². The van der Waals surface area contributed by atoms with Crippen molar-refractivity contribution < 1.29 is 9.53 Å². The van der Waals surface area contributed by atoms with Crippen molar-refractivity contribution in [2.75, 3.05) is 18.1 Å². The first-order chi connectivity index (χ1) is 12.5. The fourth-order valence-corrected chi connectivity index (χ4v) is 4.25. The van der Waals surface area contributed by atoms with Crippen LogP contribution in [0.25, 0.3) is 10.2 Å². The van der Waals surface area contributed by atoms with Gasteiger partial charge in [0.15, 0.2) is 10.8 Å². The van der Waals surface area contributed by atoms with Gasteiger partial charge >= 0.3 is 0 Å². The molecule has 0 spiro atoms. The van der Waals surface area contributed by atoms with Gasteiger partial charge in [-0.25, -0.2) is 4.98 Å². The average molecular weight is 370 g/mol. The van der Waals surface area contributed by atoms with Gasteiger partial charge in [0.25, 0.3) is 5.91 Å². The second-order valence-corrected chi connectivity index (χ2v) is 7.82. The van der Waals surface area contributed by atoms with Crippen molar-refractivity contribution in [2.24, 2.45) is 7.05 Å². The molecule has 0 N–H and O–H groups in total. The van der Waals surface area contributed by atoms with Crippen LogP contribution >= 0.6 is 11.3 Å². The molecule has 6 nitrogen and oxygen atoms in total. The maximum Gasteiger partial charge on any atom is 0.280 e. The molecule has 1 fully saturated rings. The molecule has 3 aromatic rings. The van der Waals surface area contributed by atoms with Gasteiger partial charge in [-0.15, -0.1) is 0 Å². The van der Waals surface area contributed by atoms with Crippen LogP contribution in [0.5, 0.6) is 0 Å². The maximum absolute atomic E-state index is 13.2. The normalized spacial score (nSPS) is 17.1. The van der Waals surface area contributed by atoms with E-state index in [1.54, 1.807) is 20.9 Å². The molecule has 0 radical (unpaired) electrons. The molecule has 1 aliphatic heterocycles. The summed E-state index contributed by atoms with van der Waals surface area (Å²) in [6.07, 6.45) is 2.06. The number of ether oxygens (including phenoxy) is 1. The molecule has 136 valence electrons. The second kappa shape index (κ2) is 6.81. The summed E-state index contributed by atoms with van der Waals surface area (Å²) in [5, 5.41) is 5.06. The number of fused-ring (bicyclic) bond motifs is 1. The van der Waals surface area contributed by atoms with Crippen LogP contribution in [-0.4, -0.2) is 39.9 Å². The Hall–Kier alpha value is -2.25. The Bertz CT molecular complexity index is 936. The molecule has 1 atom stereocenters. The summed E-state index contributed by atoms with van der Waals surface area (Å²) in [6.45, 7) is 5.27. The number of hydrogen-bond donors (Lipinski definition) is 0. The molecule has 7 heteroatoms. The molecule has 0 saturated carbocycles. The Balaban J connectivity index is 1.72. The number of amides is 1. The number of benzene rings is 1. The van der Waals surface area contributed by atoms with Gasteiger partial charge < -0.3 is 4.74 Å². The molecule has 4 rings (SSSR count). The van der Waals surface area contributed by atoms with E-state index in [9.17, 15) is 4.79 Å². The van der Waals surface area contributed by atoms with Crippen molar-refractivity contribution in [3.05, 3.63) is 41.2 Å². The third-order valence-corrected chi connectivity index (χ3v) is 5.79. The fraction of sp³-hybridized carbons (Fsp3) is 0.421. The molecule has 1 aromatic carbocycles. The van der Waals surface area contributed by atoms with E-state index < -0.39 is 0 Å². The first-order valence-corrected chi connectivity index (χ1v) is 9.64. The van der Waals surface area contributed by atoms with Gasteiger partial charge in [0, 0.05) is 19.3 Å². The van der Waals surface area contributed by atoms with E-state index in [0.29, 0.717) is 17.4 Å². The minimum absolute atomic E-state index is 0.0532. The number of rotatable bonds is 4. The monoisotopic (exact) mass is 370 g/mol. The first-order valence-electron chi connectivity index (χ1n) is 8.82. The molecular formula is C19H22N4O2S. The molecule has 0 bridgehead atoms. The van der Waals surface area contributed by atoms with Gasteiger partial charge in [-0.2, -0.15) is 5.10 Å². The van der Waals surface area contributed by atoms with E-state index in [2.05, 4.69) is 18.1 Å². The smallest absolute Gasteiger partial charge is 0.280 e. The number of hydrogen-bond acceptors (Lipinski definition) is 5. The molecule has 3 heterocycles. The Morgan fingerprint density at radius 3 is 2.92 bits per heavy atom. The van der Waals surface area contributed by atoms with Crippen LogP contribution in [-0.2, 0) is 11.8 Å². The number of nitrogens with zero attached hydrogens (tertiary/aromatic N) is 4. The molecule has 1 unspecified atom stereocenters. The summed E-state index contributed by atoms with van der Waals surface area (Å²) < 4.78 is 8.58. The fourth-order valence-electron chi connectivity index (χ4n) is 3.18. The topological polar surface area (TPSA) is 60.3 Å². The van der Waals surface area contributed by atoms with Gasteiger partial charge in [-0.3, -0.25) is 14.4 Å². The van der Waals surface area contributed by atoms with Crippen LogP contribution in [0.1, 0.15) is 34.6 Å². The van der Waals surface area contributed by atoms with Crippen LogP contribution < -0.4 is 4.90 Å². The zero-order valence-corrected chi connectivity index (χ0v) is 16.0. The molecule has 26 heavy (non-hydrogen) atoms. The number of carbonyl (C=O) groups excluding carboxylic acids is 1. The van der Waals surface area contributed by atoms with Crippen LogP contribution in [0, 0.1) is 13.8 Å². The summed E-state index contributed by atoms with van der Waals surface area (Å²) >= 11 is 1.54. The highest BCUT2D eigenvalue weighted by Gasteiger charge is 2.28. The molecular weight excluding hydrogens is 348 g/mol. The number of carbonyl (C=O) groups is 1. The molecule has 1 amide bonds. The van der Waals surface area contributed by atoms with E-state index in [0.717, 1.165) is 35.4 Å².